The average molecular weight is 735 g/mol. The fraction of sp³-hybridized carbons (Fsp3) is 0. The van der Waals surface area contributed by atoms with Crippen molar-refractivity contribution in [1.29, 1.82) is 0 Å². The van der Waals surface area contributed by atoms with Gasteiger partial charge in [0, 0.05) is 53.9 Å². The van der Waals surface area contributed by atoms with E-state index in [-0.39, 0.29) is 0 Å². The molecule has 10 aromatic rings. The maximum Gasteiger partial charge on any atom is 0.164 e. The number of rotatable bonds is 8. The Kier molecular flexibility index (Phi) is 8.67. The van der Waals surface area contributed by atoms with E-state index in [9.17, 15) is 0 Å². The van der Waals surface area contributed by atoms with Crippen LogP contribution in [0.15, 0.2) is 206 Å². The molecule has 56 heavy (non-hydrogen) atoms. The highest BCUT2D eigenvalue weighted by Crippen LogP contribution is 2.42. The molecule has 5 heteroatoms. The van der Waals surface area contributed by atoms with Crippen molar-refractivity contribution < 1.29 is 0 Å². The summed E-state index contributed by atoms with van der Waals surface area (Å²) in [7, 11) is 0. The van der Waals surface area contributed by atoms with Crippen LogP contribution in [-0.2, 0) is 0 Å². The van der Waals surface area contributed by atoms with E-state index in [0.717, 1.165) is 33.8 Å². The van der Waals surface area contributed by atoms with Gasteiger partial charge in [-0.3, -0.25) is 0 Å². The van der Waals surface area contributed by atoms with E-state index < -0.39 is 0 Å². The molecule has 0 spiro atoms. The van der Waals surface area contributed by atoms with Crippen LogP contribution in [0, 0.1) is 0 Å². The molecule has 0 N–H and O–H groups in total. The minimum Gasteiger partial charge on any atom is -0.311 e. The lowest BCUT2D eigenvalue weighted by Gasteiger charge is -2.26. The fourth-order valence-electron chi connectivity index (χ4n) is 7.35. The van der Waals surface area contributed by atoms with Crippen molar-refractivity contribution in [3.8, 4) is 56.4 Å². The summed E-state index contributed by atoms with van der Waals surface area (Å²) in [4.78, 5) is 17.2. The van der Waals surface area contributed by atoms with Crippen molar-refractivity contribution in [2.24, 2.45) is 0 Å². The van der Waals surface area contributed by atoms with Gasteiger partial charge in [0.1, 0.15) is 0 Å². The normalized spacial score (nSPS) is 11.2. The summed E-state index contributed by atoms with van der Waals surface area (Å²) in [5, 5.41) is 2.47. The Bertz CT molecular complexity index is 2870. The topological polar surface area (TPSA) is 41.9 Å². The molecule has 0 aliphatic carbocycles. The number of anilines is 3. The zero-order valence-corrected chi connectivity index (χ0v) is 31.1. The van der Waals surface area contributed by atoms with Crippen LogP contribution in [0.2, 0.25) is 0 Å². The lowest BCUT2D eigenvalue weighted by Crippen LogP contribution is -2.09. The zero-order valence-electron chi connectivity index (χ0n) is 30.3. The van der Waals surface area contributed by atoms with Gasteiger partial charge in [0.2, 0.25) is 0 Å². The molecule has 0 atom stereocenters. The number of aromatic nitrogens is 3. The Morgan fingerprint density at radius 1 is 0.321 bits per heavy atom. The fourth-order valence-corrected chi connectivity index (χ4v) is 8.63. The Balaban J connectivity index is 1.01. The van der Waals surface area contributed by atoms with Crippen molar-refractivity contribution in [2.45, 2.75) is 0 Å². The summed E-state index contributed by atoms with van der Waals surface area (Å²) >= 11 is 1.82. The van der Waals surface area contributed by atoms with E-state index in [0.29, 0.717) is 17.5 Å². The molecule has 0 fully saturated rings. The van der Waals surface area contributed by atoms with E-state index in [1.165, 1.54) is 42.4 Å². The largest absolute Gasteiger partial charge is 0.311 e. The highest BCUT2D eigenvalue weighted by atomic mass is 32.1. The molecule has 0 saturated heterocycles. The van der Waals surface area contributed by atoms with E-state index in [4.69, 9.17) is 15.0 Å². The molecule has 8 aromatic carbocycles. The first-order valence-corrected chi connectivity index (χ1v) is 19.5. The molecule has 0 amide bonds. The molecule has 0 radical (unpaired) electrons. The van der Waals surface area contributed by atoms with Gasteiger partial charge in [0.15, 0.2) is 17.5 Å². The lowest BCUT2D eigenvalue weighted by molar-refractivity contribution is 1.07. The summed E-state index contributed by atoms with van der Waals surface area (Å²) in [5.74, 6) is 1.98. The highest BCUT2D eigenvalue weighted by molar-refractivity contribution is 7.26. The second-order valence-electron chi connectivity index (χ2n) is 13.7. The van der Waals surface area contributed by atoms with Crippen molar-refractivity contribution in [3.63, 3.8) is 0 Å². The van der Waals surface area contributed by atoms with Crippen molar-refractivity contribution in [2.75, 3.05) is 4.90 Å². The van der Waals surface area contributed by atoms with Crippen molar-refractivity contribution in [1.82, 2.24) is 15.0 Å². The Labute approximate surface area is 329 Å². The van der Waals surface area contributed by atoms with Gasteiger partial charge in [-0.2, -0.15) is 0 Å². The summed E-state index contributed by atoms with van der Waals surface area (Å²) in [6, 6.07) is 72.3. The summed E-state index contributed by atoms with van der Waals surface area (Å²) < 4.78 is 2.45. The number of fused-ring (bicyclic) bond motifs is 3. The first-order valence-electron chi connectivity index (χ1n) is 18.7. The van der Waals surface area contributed by atoms with Gasteiger partial charge in [-0.05, 0) is 64.7 Å². The molecule has 0 bridgehead atoms. The third-order valence-corrected chi connectivity index (χ3v) is 11.3. The number of para-hydroxylation sites is 1. The molecule has 0 unspecified atom stereocenters. The number of thiophene rings is 1. The van der Waals surface area contributed by atoms with E-state index in [1.807, 2.05) is 72.0 Å². The van der Waals surface area contributed by atoms with Crippen LogP contribution in [0.4, 0.5) is 17.1 Å². The molecular formula is C51H34N4S. The second kappa shape index (κ2) is 14.6. The van der Waals surface area contributed by atoms with Crippen LogP contribution in [0.3, 0.4) is 0 Å². The third-order valence-electron chi connectivity index (χ3n) is 10.1. The monoisotopic (exact) mass is 734 g/mol. The molecular weight excluding hydrogens is 701 g/mol. The van der Waals surface area contributed by atoms with Gasteiger partial charge in [-0.15, -0.1) is 11.3 Å². The molecule has 264 valence electrons. The van der Waals surface area contributed by atoms with E-state index >= 15 is 0 Å². The van der Waals surface area contributed by atoms with Crippen LogP contribution in [0.25, 0.3) is 76.6 Å². The van der Waals surface area contributed by atoms with Gasteiger partial charge < -0.3 is 4.90 Å². The average Bonchev–Trinajstić information content (AvgIpc) is 3.66. The minimum absolute atomic E-state index is 0.658. The van der Waals surface area contributed by atoms with E-state index in [2.05, 4.69) is 150 Å². The second-order valence-corrected chi connectivity index (χ2v) is 14.7. The number of benzene rings is 8. The molecule has 4 nitrogen and oxygen atoms in total. The van der Waals surface area contributed by atoms with Gasteiger partial charge in [0.25, 0.3) is 0 Å². The first kappa shape index (κ1) is 33.4. The molecule has 2 heterocycles. The van der Waals surface area contributed by atoms with Gasteiger partial charge in [-0.1, -0.05) is 164 Å². The zero-order chi connectivity index (χ0) is 37.3. The van der Waals surface area contributed by atoms with Crippen LogP contribution < -0.4 is 4.90 Å². The summed E-state index contributed by atoms with van der Waals surface area (Å²) in [6.07, 6.45) is 0. The summed E-state index contributed by atoms with van der Waals surface area (Å²) in [6.45, 7) is 0. The van der Waals surface area contributed by atoms with Crippen LogP contribution in [-0.4, -0.2) is 15.0 Å². The number of hydrogen-bond acceptors (Lipinski definition) is 5. The predicted octanol–water partition coefficient (Wildman–Crippen LogP) is 14.0. The standard InChI is InChI=1S/C51H34N4S/c1-5-14-35(15-6-1)36-24-29-42(30-25-36)55(41-20-11-4-12-21-41)43-31-26-37(27-32-43)44-22-13-23-46-45-33-28-40(34-47(45)56-48(44)46)51-53-49(38-16-7-2-8-17-38)52-50(54-51)39-18-9-3-10-19-39/h1-34H. The smallest absolute Gasteiger partial charge is 0.164 e. The lowest BCUT2D eigenvalue weighted by atomic mass is 10.0. The maximum atomic E-state index is 4.99. The Morgan fingerprint density at radius 3 is 1.34 bits per heavy atom. The van der Waals surface area contributed by atoms with E-state index in [1.54, 1.807) is 0 Å². The van der Waals surface area contributed by atoms with Crippen LogP contribution >= 0.6 is 11.3 Å². The Hall–Kier alpha value is -7.21. The molecule has 2 aromatic heterocycles. The minimum atomic E-state index is 0.658. The van der Waals surface area contributed by atoms with Crippen molar-refractivity contribution in [3.05, 3.63) is 206 Å². The molecule has 10 rings (SSSR count). The maximum absolute atomic E-state index is 4.99. The SMILES string of the molecule is c1ccc(-c2ccc(N(c3ccccc3)c3ccc(-c4cccc5c4sc4cc(-c6nc(-c7ccccc7)nc(-c7ccccc7)n6)ccc45)cc3)cc2)cc1. The highest BCUT2D eigenvalue weighted by Gasteiger charge is 2.17. The molecule has 0 aliphatic heterocycles. The Morgan fingerprint density at radius 2 is 0.768 bits per heavy atom. The third kappa shape index (κ3) is 6.40. The quantitative estimate of drug-likeness (QED) is 0.156. The molecule has 0 saturated carbocycles. The van der Waals surface area contributed by atoms with Crippen LogP contribution in [0.5, 0.6) is 0 Å². The first-order chi connectivity index (χ1) is 27.7. The molecule has 0 aliphatic rings. The van der Waals surface area contributed by atoms with Crippen LogP contribution in [0.1, 0.15) is 0 Å². The number of hydrogen-bond donors (Lipinski definition) is 0. The number of nitrogens with zero attached hydrogens (tertiary/aromatic N) is 4. The predicted molar refractivity (Wildman–Crippen MR) is 235 cm³/mol. The van der Waals surface area contributed by atoms with Gasteiger partial charge in [-0.25, -0.2) is 15.0 Å². The van der Waals surface area contributed by atoms with Gasteiger partial charge >= 0.3 is 0 Å². The summed E-state index contributed by atoms with van der Waals surface area (Å²) in [5.41, 5.74) is 11.0. The van der Waals surface area contributed by atoms with Gasteiger partial charge in [0.05, 0.1) is 0 Å². The van der Waals surface area contributed by atoms with Crippen molar-refractivity contribution >= 4 is 48.6 Å².